The van der Waals surface area contributed by atoms with E-state index in [4.69, 9.17) is 9.47 Å². The average Bonchev–Trinajstić information content (AvgIpc) is 2.66. The minimum atomic E-state index is -3.67. The molecule has 0 aliphatic carbocycles. The van der Waals surface area contributed by atoms with Crippen LogP contribution >= 0.6 is 0 Å². The van der Waals surface area contributed by atoms with Gasteiger partial charge in [-0.05, 0) is 62.7 Å². The summed E-state index contributed by atoms with van der Waals surface area (Å²) >= 11 is 0. The number of benzene rings is 2. The molecule has 2 rings (SSSR count). The van der Waals surface area contributed by atoms with E-state index in [1.165, 1.54) is 0 Å². The molecule has 0 spiro atoms. The molecule has 0 bridgehead atoms. The van der Waals surface area contributed by atoms with Gasteiger partial charge < -0.3 is 14.8 Å². The first-order valence-corrected chi connectivity index (χ1v) is 11.3. The van der Waals surface area contributed by atoms with E-state index in [-0.39, 0.29) is 13.2 Å². The maximum absolute atomic E-state index is 12.5. The molecular weight excluding hydrogens is 392 g/mol. The van der Waals surface area contributed by atoms with Crippen molar-refractivity contribution in [1.82, 2.24) is 5.32 Å². The second kappa shape index (κ2) is 10.2. The van der Waals surface area contributed by atoms with Crippen LogP contribution in [-0.2, 0) is 14.8 Å². The maximum atomic E-state index is 12.5. The van der Waals surface area contributed by atoms with Crippen molar-refractivity contribution >= 4 is 21.6 Å². The Hall–Kier alpha value is -2.74. The summed E-state index contributed by atoms with van der Waals surface area (Å²) in [7, 11) is -3.67. The average molecular weight is 421 g/mol. The van der Waals surface area contributed by atoms with Crippen LogP contribution in [0.4, 0.5) is 5.69 Å². The van der Waals surface area contributed by atoms with Crippen LogP contribution in [0.5, 0.6) is 11.5 Å². The van der Waals surface area contributed by atoms with Crippen molar-refractivity contribution in [1.29, 1.82) is 0 Å². The van der Waals surface area contributed by atoms with E-state index in [0.29, 0.717) is 18.0 Å². The van der Waals surface area contributed by atoms with Crippen molar-refractivity contribution in [3.8, 4) is 11.5 Å². The summed E-state index contributed by atoms with van der Waals surface area (Å²) in [6.45, 7) is 6.44. The molecule has 0 heterocycles. The predicted octanol–water partition coefficient (Wildman–Crippen LogP) is 2.74. The third-order valence-corrected chi connectivity index (χ3v) is 5.39. The van der Waals surface area contributed by atoms with Gasteiger partial charge in [-0.3, -0.25) is 9.10 Å². The molecule has 0 unspecified atom stereocenters. The van der Waals surface area contributed by atoms with E-state index in [0.717, 1.165) is 21.9 Å². The first-order valence-electron chi connectivity index (χ1n) is 9.42. The molecule has 0 fully saturated rings. The van der Waals surface area contributed by atoms with Crippen LogP contribution in [0.25, 0.3) is 0 Å². The minimum absolute atomic E-state index is 0.262. The quantitative estimate of drug-likeness (QED) is 0.598. The summed E-state index contributed by atoms with van der Waals surface area (Å²) in [6.07, 6.45) is 1.08. The number of sulfonamides is 1. The molecule has 1 amide bonds. The molecule has 2 aromatic rings. The lowest BCUT2D eigenvalue weighted by atomic mass is 10.2. The normalized spacial score (nSPS) is 12.1. The standard InChI is InChI=1S/C21H28N2O5S/c1-5-27-19-11-9-18(10-12-19)23(29(4,25)26)17(3)21(24)22-13-14-28-20-8-6-7-16(2)15-20/h6-12,15,17H,5,13-14H2,1-4H3,(H,22,24)/t17-/m0/s1. The molecule has 8 heteroatoms. The van der Waals surface area contributed by atoms with Crippen LogP contribution in [0.1, 0.15) is 19.4 Å². The third-order valence-electron chi connectivity index (χ3n) is 4.15. The number of ether oxygens (including phenoxy) is 2. The summed E-state index contributed by atoms with van der Waals surface area (Å²) in [5.41, 5.74) is 1.48. The summed E-state index contributed by atoms with van der Waals surface area (Å²) < 4.78 is 36.7. The van der Waals surface area contributed by atoms with Crippen molar-refractivity contribution in [2.75, 3.05) is 30.3 Å². The van der Waals surface area contributed by atoms with E-state index < -0.39 is 22.0 Å². The number of aryl methyl sites for hydroxylation is 1. The van der Waals surface area contributed by atoms with Crippen LogP contribution in [0, 0.1) is 6.92 Å². The van der Waals surface area contributed by atoms with Gasteiger partial charge in [0, 0.05) is 0 Å². The van der Waals surface area contributed by atoms with Crippen molar-refractivity contribution < 1.29 is 22.7 Å². The first kappa shape index (κ1) is 22.5. The molecule has 0 saturated carbocycles. The highest BCUT2D eigenvalue weighted by Gasteiger charge is 2.28. The molecule has 0 aromatic heterocycles. The largest absolute Gasteiger partial charge is 0.494 e. The Labute approximate surface area is 172 Å². The molecule has 1 N–H and O–H groups in total. The number of hydrogen-bond donors (Lipinski definition) is 1. The summed E-state index contributed by atoms with van der Waals surface area (Å²) in [5, 5.41) is 2.73. The lowest BCUT2D eigenvalue weighted by Crippen LogP contribution is -2.48. The van der Waals surface area contributed by atoms with Crippen LogP contribution in [0.2, 0.25) is 0 Å². The molecule has 158 valence electrons. The second-order valence-corrected chi connectivity index (χ2v) is 8.48. The van der Waals surface area contributed by atoms with Crippen molar-refractivity contribution in [2.45, 2.75) is 26.8 Å². The molecular formula is C21H28N2O5S. The molecule has 0 saturated heterocycles. The topological polar surface area (TPSA) is 84.9 Å². The maximum Gasteiger partial charge on any atom is 0.243 e. The van der Waals surface area contributed by atoms with Crippen LogP contribution in [0.3, 0.4) is 0 Å². The van der Waals surface area contributed by atoms with E-state index in [9.17, 15) is 13.2 Å². The monoisotopic (exact) mass is 420 g/mol. The minimum Gasteiger partial charge on any atom is -0.494 e. The van der Waals surface area contributed by atoms with Gasteiger partial charge in [-0.15, -0.1) is 0 Å². The zero-order valence-electron chi connectivity index (χ0n) is 17.2. The fourth-order valence-electron chi connectivity index (χ4n) is 2.86. The lowest BCUT2D eigenvalue weighted by Gasteiger charge is -2.28. The summed E-state index contributed by atoms with van der Waals surface area (Å²) in [6, 6.07) is 13.3. The Kier molecular flexibility index (Phi) is 7.90. The highest BCUT2D eigenvalue weighted by Crippen LogP contribution is 2.24. The number of anilines is 1. The van der Waals surface area contributed by atoms with E-state index in [2.05, 4.69) is 5.32 Å². The SMILES string of the molecule is CCOc1ccc(N([C@@H](C)C(=O)NCCOc2cccc(C)c2)S(C)(=O)=O)cc1. The van der Waals surface area contributed by atoms with Crippen molar-refractivity contribution in [3.05, 3.63) is 54.1 Å². The van der Waals surface area contributed by atoms with Gasteiger partial charge in [-0.1, -0.05) is 12.1 Å². The molecule has 29 heavy (non-hydrogen) atoms. The zero-order chi connectivity index (χ0) is 21.4. The van der Waals surface area contributed by atoms with Gasteiger partial charge in [0.1, 0.15) is 24.1 Å². The molecule has 1 atom stereocenters. The highest BCUT2D eigenvalue weighted by molar-refractivity contribution is 7.92. The number of nitrogens with one attached hydrogen (secondary N) is 1. The van der Waals surface area contributed by atoms with Gasteiger partial charge in [0.15, 0.2) is 0 Å². The fourth-order valence-corrected chi connectivity index (χ4v) is 4.04. The molecule has 0 radical (unpaired) electrons. The lowest BCUT2D eigenvalue weighted by molar-refractivity contribution is -0.121. The summed E-state index contributed by atoms with van der Waals surface area (Å²) in [5.74, 6) is 0.951. The number of hydrogen-bond acceptors (Lipinski definition) is 5. The molecule has 0 aliphatic rings. The van der Waals surface area contributed by atoms with Gasteiger partial charge in [0.25, 0.3) is 0 Å². The van der Waals surface area contributed by atoms with Crippen molar-refractivity contribution in [2.24, 2.45) is 0 Å². The zero-order valence-corrected chi connectivity index (χ0v) is 18.0. The Morgan fingerprint density at radius 1 is 1.10 bits per heavy atom. The van der Waals surface area contributed by atoms with Crippen molar-refractivity contribution in [3.63, 3.8) is 0 Å². The Bertz CT molecular complexity index is 913. The van der Waals surface area contributed by atoms with E-state index in [1.54, 1.807) is 31.2 Å². The number of rotatable bonds is 10. The first-order chi connectivity index (χ1) is 13.7. The van der Waals surface area contributed by atoms with Gasteiger partial charge in [-0.2, -0.15) is 0 Å². The van der Waals surface area contributed by atoms with Gasteiger partial charge >= 0.3 is 0 Å². The summed E-state index contributed by atoms with van der Waals surface area (Å²) in [4.78, 5) is 12.5. The van der Waals surface area contributed by atoms with E-state index >= 15 is 0 Å². The number of amides is 1. The Morgan fingerprint density at radius 2 is 1.79 bits per heavy atom. The Balaban J connectivity index is 1.99. The van der Waals surface area contributed by atoms with Crippen LogP contribution in [0.15, 0.2) is 48.5 Å². The van der Waals surface area contributed by atoms with Crippen LogP contribution in [-0.4, -0.2) is 46.4 Å². The Morgan fingerprint density at radius 3 is 2.38 bits per heavy atom. The van der Waals surface area contributed by atoms with Crippen LogP contribution < -0.4 is 19.1 Å². The van der Waals surface area contributed by atoms with E-state index in [1.807, 2.05) is 38.1 Å². The molecule has 0 aliphatic heterocycles. The molecule has 2 aromatic carbocycles. The predicted molar refractivity (Wildman–Crippen MR) is 114 cm³/mol. The van der Waals surface area contributed by atoms with Gasteiger partial charge in [0.05, 0.1) is 25.1 Å². The number of carbonyl (C=O) groups is 1. The smallest absolute Gasteiger partial charge is 0.243 e. The highest BCUT2D eigenvalue weighted by atomic mass is 32.2. The van der Waals surface area contributed by atoms with Gasteiger partial charge in [0.2, 0.25) is 15.9 Å². The number of carbonyl (C=O) groups excluding carboxylic acids is 1. The fraction of sp³-hybridized carbons (Fsp3) is 0.381. The molecule has 7 nitrogen and oxygen atoms in total. The van der Waals surface area contributed by atoms with Gasteiger partial charge in [-0.25, -0.2) is 8.42 Å². The number of nitrogens with zero attached hydrogens (tertiary/aromatic N) is 1. The second-order valence-electron chi connectivity index (χ2n) is 6.62. The third kappa shape index (κ3) is 6.67.